The van der Waals surface area contributed by atoms with Gasteiger partial charge in [0.25, 0.3) is 0 Å². The molecule has 0 unspecified atom stereocenters. The number of hydrogen-bond acceptors (Lipinski definition) is 2. The summed E-state index contributed by atoms with van der Waals surface area (Å²) >= 11 is 0. The van der Waals surface area contributed by atoms with Gasteiger partial charge in [0.2, 0.25) is 0 Å². The first-order valence-electron chi connectivity index (χ1n) is 7.05. The van der Waals surface area contributed by atoms with E-state index in [1.165, 1.54) is 29.7 Å². The molecule has 2 rings (SSSR count). The summed E-state index contributed by atoms with van der Waals surface area (Å²) in [4.78, 5) is 0. The van der Waals surface area contributed by atoms with E-state index >= 15 is 0 Å². The van der Waals surface area contributed by atoms with E-state index in [1.807, 2.05) is 0 Å². The van der Waals surface area contributed by atoms with Crippen molar-refractivity contribution in [1.82, 2.24) is 5.32 Å². The minimum atomic E-state index is 0.197. The summed E-state index contributed by atoms with van der Waals surface area (Å²) in [6, 6.07) is 7.41. The number of nitrogens with one attached hydrogen (secondary N) is 2. The molecule has 0 amide bonds. The molecule has 0 radical (unpaired) electrons. The first kappa shape index (κ1) is 13.4. The number of anilines is 1. The van der Waals surface area contributed by atoms with Gasteiger partial charge in [-0.15, -0.1) is 0 Å². The molecule has 0 spiro atoms. The molecular formula is C16H26N2. The van der Waals surface area contributed by atoms with Crippen LogP contribution < -0.4 is 10.6 Å². The fourth-order valence-electron chi connectivity index (χ4n) is 2.62. The summed E-state index contributed by atoms with van der Waals surface area (Å²) in [7, 11) is 0. The van der Waals surface area contributed by atoms with Crippen LogP contribution in [0.15, 0.2) is 18.2 Å². The fraction of sp³-hybridized carbons (Fsp3) is 0.625. The van der Waals surface area contributed by atoms with E-state index in [4.69, 9.17) is 0 Å². The Bertz CT molecular complexity index is 398. The van der Waals surface area contributed by atoms with Crippen LogP contribution in [0.2, 0.25) is 0 Å². The van der Waals surface area contributed by atoms with E-state index < -0.39 is 0 Å². The minimum absolute atomic E-state index is 0.197. The van der Waals surface area contributed by atoms with Gasteiger partial charge in [-0.3, -0.25) is 0 Å². The number of rotatable bonds is 2. The van der Waals surface area contributed by atoms with E-state index in [-0.39, 0.29) is 5.41 Å². The Kier molecular flexibility index (Phi) is 3.96. The van der Waals surface area contributed by atoms with Gasteiger partial charge < -0.3 is 10.6 Å². The second kappa shape index (κ2) is 5.31. The predicted molar refractivity (Wildman–Crippen MR) is 79.4 cm³/mol. The molecule has 1 aliphatic heterocycles. The number of benzene rings is 1. The average Bonchev–Trinajstić information content (AvgIpc) is 2.28. The van der Waals surface area contributed by atoms with Crippen LogP contribution in [0, 0.1) is 6.92 Å². The molecule has 1 aromatic rings. The highest BCUT2D eigenvalue weighted by molar-refractivity contribution is 5.56. The van der Waals surface area contributed by atoms with Crippen LogP contribution in [0.4, 0.5) is 5.69 Å². The number of hydrogen-bond donors (Lipinski definition) is 2. The van der Waals surface area contributed by atoms with Crippen molar-refractivity contribution in [3.8, 4) is 0 Å². The van der Waals surface area contributed by atoms with Gasteiger partial charge in [0.15, 0.2) is 0 Å². The maximum Gasteiger partial charge on any atom is 0.0382 e. The fourth-order valence-corrected chi connectivity index (χ4v) is 2.62. The Morgan fingerprint density at radius 1 is 1.17 bits per heavy atom. The van der Waals surface area contributed by atoms with Crippen molar-refractivity contribution in [3.63, 3.8) is 0 Å². The van der Waals surface area contributed by atoms with Crippen LogP contribution >= 0.6 is 0 Å². The Balaban J connectivity index is 2.21. The maximum absolute atomic E-state index is 3.76. The molecule has 0 bridgehead atoms. The molecule has 0 atom stereocenters. The lowest BCUT2D eigenvalue weighted by molar-refractivity contribution is 0.477. The van der Waals surface area contributed by atoms with Crippen molar-refractivity contribution in [3.05, 3.63) is 29.3 Å². The molecule has 100 valence electrons. The van der Waals surface area contributed by atoms with Gasteiger partial charge in [-0.05, 0) is 55.5 Å². The summed E-state index contributed by atoms with van der Waals surface area (Å²) in [6.45, 7) is 11.3. The highest BCUT2D eigenvalue weighted by Gasteiger charge is 2.20. The van der Waals surface area contributed by atoms with Crippen molar-refractivity contribution >= 4 is 5.69 Å². The first-order valence-corrected chi connectivity index (χ1v) is 7.05. The lowest BCUT2D eigenvalue weighted by Gasteiger charge is -2.29. The molecule has 2 nitrogen and oxygen atoms in total. The number of piperidine rings is 1. The average molecular weight is 246 g/mol. The summed E-state index contributed by atoms with van der Waals surface area (Å²) in [5, 5.41) is 7.17. The van der Waals surface area contributed by atoms with Crippen molar-refractivity contribution in [1.29, 1.82) is 0 Å². The quantitative estimate of drug-likeness (QED) is 0.835. The normalized spacial score (nSPS) is 17.8. The molecular weight excluding hydrogens is 220 g/mol. The number of aryl methyl sites for hydroxylation is 1. The summed E-state index contributed by atoms with van der Waals surface area (Å²) < 4.78 is 0. The molecule has 2 N–H and O–H groups in total. The van der Waals surface area contributed by atoms with Crippen LogP contribution in [0.25, 0.3) is 0 Å². The standard InChI is InChI=1S/C16H26N2/c1-12-5-6-14(16(2,3)4)15(11-12)18-13-7-9-17-10-8-13/h5-6,11,13,17-18H,7-10H2,1-4H3. The summed E-state index contributed by atoms with van der Waals surface area (Å²) in [5.74, 6) is 0. The molecule has 0 aliphatic carbocycles. The van der Waals surface area contributed by atoms with Gasteiger partial charge >= 0.3 is 0 Å². The molecule has 0 saturated carbocycles. The highest BCUT2D eigenvalue weighted by Crippen LogP contribution is 2.31. The third-order valence-electron chi connectivity index (χ3n) is 3.68. The molecule has 0 aromatic heterocycles. The second-order valence-corrected chi connectivity index (χ2v) is 6.47. The van der Waals surface area contributed by atoms with Crippen molar-refractivity contribution in [2.45, 2.75) is 52.0 Å². The highest BCUT2D eigenvalue weighted by atomic mass is 15.0. The van der Waals surface area contributed by atoms with Gasteiger partial charge in [0.1, 0.15) is 0 Å². The summed E-state index contributed by atoms with van der Waals surface area (Å²) in [5.41, 5.74) is 4.28. The van der Waals surface area contributed by atoms with E-state index in [0.717, 1.165) is 13.1 Å². The Hall–Kier alpha value is -1.02. The van der Waals surface area contributed by atoms with Crippen LogP contribution in [-0.4, -0.2) is 19.1 Å². The van der Waals surface area contributed by atoms with Gasteiger partial charge in [0, 0.05) is 11.7 Å². The van der Waals surface area contributed by atoms with Gasteiger partial charge in [-0.25, -0.2) is 0 Å². The van der Waals surface area contributed by atoms with E-state index in [1.54, 1.807) is 0 Å². The van der Waals surface area contributed by atoms with Crippen molar-refractivity contribution in [2.24, 2.45) is 0 Å². The van der Waals surface area contributed by atoms with Crippen LogP contribution in [0.5, 0.6) is 0 Å². The third kappa shape index (κ3) is 3.26. The molecule has 2 heteroatoms. The monoisotopic (exact) mass is 246 g/mol. The minimum Gasteiger partial charge on any atom is -0.382 e. The lowest BCUT2D eigenvalue weighted by atomic mass is 9.85. The second-order valence-electron chi connectivity index (χ2n) is 6.47. The zero-order valence-electron chi connectivity index (χ0n) is 12.1. The van der Waals surface area contributed by atoms with Crippen molar-refractivity contribution < 1.29 is 0 Å². The molecule has 1 aromatic carbocycles. The van der Waals surface area contributed by atoms with Crippen molar-refractivity contribution in [2.75, 3.05) is 18.4 Å². The SMILES string of the molecule is Cc1ccc(C(C)(C)C)c(NC2CCNCC2)c1. The molecule has 1 aliphatic rings. The predicted octanol–water partition coefficient (Wildman–Crippen LogP) is 3.46. The topological polar surface area (TPSA) is 24.1 Å². The Labute approximate surface area is 111 Å². The third-order valence-corrected chi connectivity index (χ3v) is 3.68. The van der Waals surface area contributed by atoms with Gasteiger partial charge in [-0.1, -0.05) is 32.9 Å². The molecule has 1 fully saturated rings. The first-order chi connectivity index (χ1) is 8.47. The van der Waals surface area contributed by atoms with Gasteiger partial charge in [0.05, 0.1) is 0 Å². The van der Waals surface area contributed by atoms with E-state index in [2.05, 4.69) is 56.5 Å². The molecule has 1 saturated heterocycles. The van der Waals surface area contributed by atoms with Crippen LogP contribution in [0.3, 0.4) is 0 Å². The zero-order valence-corrected chi connectivity index (χ0v) is 12.1. The lowest BCUT2D eigenvalue weighted by Crippen LogP contribution is -2.35. The van der Waals surface area contributed by atoms with E-state index in [0.29, 0.717) is 6.04 Å². The Morgan fingerprint density at radius 2 is 1.83 bits per heavy atom. The van der Waals surface area contributed by atoms with Gasteiger partial charge in [-0.2, -0.15) is 0 Å². The van der Waals surface area contributed by atoms with Crippen LogP contribution in [-0.2, 0) is 5.41 Å². The largest absolute Gasteiger partial charge is 0.382 e. The summed E-state index contributed by atoms with van der Waals surface area (Å²) in [6.07, 6.45) is 2.44. The molecule has 18 heavy (non-hydrogen) atoms. The Morgan fingerprint density at radius 3 is 2.44 bits per heavy atom. The smallest absolute Gasteiger partial charge is 0.0382 e. The molecule has 1 heterocycles. The maximum atomic E-state index is 3.76. The van der Waals surface area contributed by atoms with Crippen LogP contribution in [0.1, 0.15) is 44.7 Å². The zero-order chi connectivity index (χ0) is 13.2. The van der Waals surface area contributed by atoms with E-state index in [9.17, 15) is 0 Å².